The first-order chi connectivity index (χ1) is 8.52. The monoisotopic (exact) mass is 251 g/mol. The van der Waals surface area contributed by atoms with Gasteiger partial charge >= 0.3 is 5.69 Å². The molecule has 7 heteroatoms. The van der Waals surface area contributed by atoms with Gasteiger partial charge in [-0.2, -0.15) is 10.4 Å². The topological polar surface area (TPSA) is 88.0 Å². The third-order valence-corrected chi connectivity index (χ3v) is 2.65. The maximum absolute atomic E-state index is 11.2. The smallest absolute Gasteiger partial charge is 0.334 e. The molecule has 0 aliphatic heterocycles. The summed E-state index contributed by atoms with van der Waals surface area (Å²) in [6.45, 7) is 2.40. The number of nitrogens with zero attached hydrogens (tertiary/aromatic N) is 5. The van der Waals surface area contributed by atoms with Crippen LogP contribution in [0.4, 0.5) is 11.5 Å². The molecule has 0 aliphatic rings. The first kappa shape index (κ1) is 14.0. The fourth-order valence-electron chi connectivity index (χ4n) is 1.90. The van der Waals surface area contributed by atoms with Gasteiger partial charge in [-0.25, -0.2) is 4.68 Å². The van der Waals surface area contributed by atoms with Gasteiger partial charge in [-0.1, -0.05) is 13.3 Å². The Kier molecular flexibility index (Phi) is 4.66. The molecule has 0 saturated heterocycles. The molecule has 1 aromatic heterocycles. The van der Waals surface area contributed by atoms with Crippen molar-refractivity contribution in [3.05, 3.63) is 15.8 Å². The zero-order chi connectivity index (χ0) is 13.7. The van der Waals surface area contributed by atoms with Gasteiger partial charge in [0.1, 0.15) is 5.69 Å². The van der Waals surface area contributed by atoms with Crippen molar-refractivity contribution in [1.82, 2.24) is 9.78 Å². The van der Waals surface area contributed by atoms with Crippen LogP contribution in [0.15, 0.2) is 0 Å². The molecule has 98 valence electrons. The molecule has 18 heavy (non-hydrogen) atoms. The highest BCUT2D eigenvalue weighted by Crippen LogP contribution is 2.31. The van der Waals surface area contributed by atoms with E-state index in [1.807, 2.05) is 13.0 Å². The molecule has 0 saturated carbocycles. The van der Waals surface area contributed by atoms with E-state index in [-0.39, 0.29) is 5.69 Å². The second-order valence-electron chi connectivity index (χ2n) is 4.08. The van der Waals surface area contributed by atoms with Gasteiger partial charge in [-0.15, -0.1) is 0 Å². The average molecular weight is 251 g/mol. The van der Waals surface area contributed by atoms with Crippen LogP contribution in [0.1, 0.15) is 25.5 Å². The number of aromatic nitrogens is 2. The fraction of sp³-hybridized carbons (Fsp3) is 0.636. The predicted octanol–water partition coefficient (Wildman–Crippen LogP) is 1.63. The Bertz CT molecular complexity index is 475. The van der Waals surface area contributed by atoms with Crippen molar-refractivity contribution in [1.29, 1.82) is 5.26 Å². The lowest BCUT2D eigenvalue weighted by molar-refractivity contribution is -0.384. The van der Waals surface area contributed by atoms with Gasteiger partial charge in [0.05, 0.1) is 17.4 Å². The normalized spacial score (nSPS) is 10.1. The molecule has 0 fully saturated rings. The zero-order valence-electron chi connectivity index (χ0n) is 10.9. The van der Waals surface area contributed by atoms with Crippen molar-refractivity contribution < 1.29 is 4.92 Å². The van der Waals surface area contributed by atoms with E-state index in [4.69, 9.17) is 5.26 Å². The van der Waals surface area contributed by atoms with E-state index in [9.17, 15) is 10.1 Å². The number of hydrogen-bond acceptors (Lipinski definition) is 5. The molecule has 7 nitrogen and oxygen atoms in total. The Hall–Kier alpha value is -2.10. The molecular formula is C11H17N5O2. The van der Waals surface area contributed by atoms with Crippen LogP contribution in [0.2, 0.25) is 0 Å². The van der Waals surface area contributed by atoms with Crippen LogP contribution in [-0.2, 0) is 13.5 Å². The third kappa shape index (κ3) is 2.77. The SMILES string of the molecule is CCCc1nn(C)c(N(C)CCC#N)c1[N+](=O)[O-]. The Labute approximate surface area is 106 Å². The van der Waals surface area contributed by atoms with Gasteiger partial charge in [0.2, 0.25) is 5.82 Å². The Morgan fingerprint density at radius 2 is 2.28 bits per heavy atom. The van der Waals surface area contributed by atoms with Gasteiger partial charge in [-0.3, -0.25) is 10.1 Å². The molecule has 1 rings (SSSR count). The number of nitriles is 1. The number of nitro groups is 1. The van der Waals surface area contributed by atoms with E-state index in [1.54, 1.807) is 19.0 Å². The minimum atomic E-state index is -0.393. The van der Waals surface area contributed by atoms with Crippen molar-refractivity contribution in [2.75, 3.05) is 18.5 Å². The maximum Gasteiger partial charge on any atom is 0.334 e. The quantitative estimate of drug-likeness (QED) is 0.566. The van der Waals surface area contributed by atoms with Crippen LogP contribution < -0.4 is 4.90 Å². The second-order valence-corrected chi connectivity index (χ2v) is 4.08. The molecule has 0 unspecified atom stereocenters. The lowest BCUT2D eigenvalue weighted by Crippen LogP contribution is -2.21. The van der Waals surface area contributed by atoms with Crippen molar-refractivity contribution in [2.45, 2.75) is 26.2 Å². The van der Waals surface area contributed by atoms with Gasteiger partial charge in [-0.05, 0) is 6.42 Å². The summed E-state index contributed by atoms with van der Waals surface area (Å²) in [6.07, 6.45) is 1.71. The number of anilines is 1. The van der Waals surface area contributed by atoms with Crippen LogP contribution in [0, 0.1) is 21.4 Å². The standard InChI is InChI=1S/C11H17N5O2/c1-4-6-9-10(16(17)18)11(15(3)13-9)14(2)8-5-7-12/h4-6,8H2,1-3H3. The first-order valence-electron chi connectivity index (χ1n) is 5.81. The van der Waals surface area contributed by atoms with Crippen LogP contribution in [0.3, 0.4) is 0 Å². The molecule has 0 spiro atoms. The largest absolute Gasteiger partial charge is 0.353 e. The molecule has 1 heterocycles. The minimum absolute atomic E-state index is 0.0554. The van der Waals surface area contributed by atoms with E-state index in [1.165, 1.54) is 4.68 Å². The summed E-state index contributed by atoms with van der Waals surface area (Å²) >= 11 is 0. The van der Waals surface area contributed by atoms with Crippen LogP contribution >= 0.6 is 0 Å². The first-order valence-corrected chi connectivity index (χ1v) is 5.81. The summed E-state index contributed by atoms with van der Waals surface area (Å²) in [5, 5.41) is 23.9. The van der Waals surface area contributed by atoms with E-state index < -0.39 is 4.92 Å². The number of hydrogen-bond donors (Lipinski definition) is 0. The Balaban J connectivity index is 3.17. The predicted molar refractivity (Wildman–Crippen MR) is 67.4 cm³/mol. The molecule has 0 aromatic carbocycles. The summed E-state index contributed by atoms with van der Waals surface area (Å²) in [4.78, 5) is 12.5. The highest BCUT2D eigenvalue weighted by atomic mass is 16.6. The summed E-state index contributed by atoms with van der Waals surface area (Å²) in [5.41, 5.74) is 0.559. The van der Waals surface area contributed by atoms with E-state index in [2.05, 4.69) is 5.10 Å². The maximum atomic E-state index is 11.2. The number of aryl methyl sites for hydroxylation is 2. The van der Waals surface area contributed by atoms with Gasteiger partial charge in [0, 0.05) is 20.6 Å². The lowest BCUT2D eigenvalue weighted by Gasteiger charge is -2.16. The highest BCUT2D eigenvalue weighted by Gasteiger charge is 2.28. The molecule has 0 radical (unpaired) electrons. The Morgan fingerprint density at radius 1 is 1.61 bits per heavy atom. The van der Waals surface area contributed by atoms with Crippen molar-refractivity contribution in [3.63, 3.8) is 0 Å². The molecule has 0 atom stereocenters. The third-order valence-electron chi connectivity index (χ3n) is 2.65. The van der Waals surface area contributed by atoms with Crippen LogP contribution in [0.25, 0.3) is 0 Å². The van der Waals surface area contributed by atoms with E-state index in [0.29, 0.717) is 30.9 Å². The summed E-state index contributed by atoms with van der Waals surface area (Å²) < 4.78 is 1.51. The molecule has 0 amide bonds. The van der Waals surface area contributed by atoms with Gasteiger partial charge in [0.25, 0.3) is 0 Å². The van der Waals surface area contributed by atoms with E-state index >= 15 is 0 Å². The second kappa shape index (κ2) is 6.00. The average Bonchev–Trinajstić information content (AvgIpc) is 2.63. The lowest BCUT2D eigenvalue weighted by atomic mass is 10.2. The van der Waals surface area contributed by atoms with Crippen LogP contribution in [-0.4, -0.2) is 28.3 Å². The van der Waals surface area contributed by atoms with Crippen molar-refractivity contribution >= 4 is 11.5 Å². The molecule has 0 aliphatic carbocycles. The molecule has 0 N–H and O–H groups in total. The number of rotatable bonds is 6. The minimum Gasteiger partial charge on any atom is -0.353 e. The van der Waals surface area contributed by atoms with Crippen LogP contribution in [0.5, 0.6) is 0 Å². The van der Waals surface area contributed by atoms with Gasteiger partial charge < -0.3 is 4.90 Å². The molecule has 1 aromatic rings. The molecule has 0 bridgehead atoms. The summed E-state index contributed by atoms with van der Waals surface area (Å²) in [5.74, 6) is 0.457. The summed E-state index contributed by atoms with van der Waals surface area (Å²) in [6, 6.07) is 2.03. The van der Waals surface area contributed by atoms with Gasteiger partial charge in [0.15, 0.2) is 0 Å². The summed E-state index contributed by atoms with van der Waals surface area (Å²) in [7, 11) is 3.42. The van der Waals surface area contributed by atoms with E-state index in [0.717, 1.165) is 6.42 Å². The highest BCUT2D eigenvalue weighted by molar-refractivity contribution is 5.61. The zero-order valence-corrected chi connectivity index (χ0v) is 10.9. The van der Waals surface area contributed by atoms with Crippen molar-refractivity contribution in [3.8, 4) is 6.07 Å². The fourth-order valence-corrected chi connectivity index (χ4v) is 1.90. The molecular weight excluding hydrogens is 234 g/mol. The Morgan fingerprint density at radius 3 is 2.78 bits per heavy atom. The van der Waals surface area contributed by atoms with Crippen molar-refractivity contribution in [2.24, 2.45) is 7.05 Å².